The van der Waals surface area contributed by atoms with Crippen LogP contribution in [0.15, 0.2) is 0 Å². The summed E-state index contributed by atoms with van der Waals surface area (Å²) in [7, 11) is -9.90. The second-order valence-corrected chi connectivity index (χ2v) is 28.8. The first kappa shape index (κ1) is 86.1. The summed E-state index contributed by atoms with van der Waals surface area (Å²) in [6.45, 7) is 9.49. The number of hydrogen-bond acceptors (Lipinski definition) is 15. The molecule has 0 rings (SSSR count). The number of aliphatic hydroxyl groups is 1. The van der Waals surface area contributed by atoms with Gasteiger partial charge in [-0.15, -0.1) is 0 Å². The molecule has 0 aliphatic rings. The van der Waals surface area contributed by atoms with Crippen molar-refractivity contribution in [1.29, 1.82) is 0 Å². The van der Waals surface area contributed by atoms with Crippen LogP contribution in [0.3, 0.4) is 0 Å². The molecule has 0 bridgehead atoms. The van der Waals surface area contributed by atoms with Gasteiger partial charge in [0.15, 0.2) is 12.2 Å². The van der Waals surface area contributed by atoms with Crippen LogP contribution in [0, 0.1) is 11.8 Å². The number of unbranched alkanes of at least 4 members (excludes halogenated alkanes) is 38. The molecule has 3 N–H and O–H groups in total. The van der Waals surface area contributed by atoms with Gasteiger partial charge in [-0.2, -0.15) is 0 Å². The van der Waals surface area contributed by atoms with E-state index < -0.39 is 97.5 Å². The minimum Gasteiger partial charge on any atom is -0.462 e. The van der Waals surface area contributed by atoms with Gasteiger partial charge in [-0.1, -0.05) is 298 Å². The molecule has 0 radical (unpaired) electrons. The highest BCUT2D eigenvalue weighted by Crippen LogP contribution is 2.45. The number of ether oxygens (including phenoxy) is 4. The number of carbonyl (C=O) groups is 4. The first-order valence-electron chi connectivity index (χ1n) is 36.0. The van der Waals surface area contributed by atoms with Crippen molar-refractivity contribution in [1.82, 2.24) is 0 Å². The van der Waals surface area contributed by atoms with E-state index in [0.29, 0.717) is 25.7 Å². The van der Waals surface area contributed by atoms with Crippen LogP contribution in [-0.2, 0) is 65.4 Å². The van der Waals surface area contributed by atoms with Crippen molar-refractivity contribution in [2.45, 2.75) is 368 Å². The van der Waals surface area contributed by atoms with Crippen LogP contribution >= 0.6 is 15.6 Å². The lowest BCUT2D eigenvalue weighted by Gasteiger charge is -2.21. The van der Waals surface area contributed by atoms with E-state index in [0.717, 1.165) is 102 Å². The van der Waals surface area contributed by atoms with Gasteiger partial charge in [-0.3, -0.25) is 37.3 Å². The zero-order chi connectivity index (χ0) is 65.0. The van der Waals surface area contributed by atoms with E-state index in [-0.39, 0.29) is 25.7 Å². The number of phosphoric ester groups is 2. The fraction of sp³-hybridized carbons (Fsp3) is 0.942. The Morgan fingerprint density at radius 2 is 0.523 bits per heavy atom. The molecule has 0 aromatic rings. The van der Waals surface area contributed by atoms with Gasteiger partial charge in [0.25, 0.3) is 0 Å². The van der Waals surface area contributed by atoms with Crippen molar-refractivity contribution in [3.05, 3.63) is 0 Å². The van der Waals surface area contributed by atoms with Crippen molar-refractivity contribution >= 4 is 39.5 Å². The van der Waals surface area contributed by atoms with E-state index in [1.807, 2.05) is 0 Å². The third-order valence-electron chi connectivity index (χ3n) is 16.0. The van der Waals surface area contributed by atoms with Crippen LogP contribution in [0.25, 0.3) is 0 Å². The van der Waals surface area contributed by atoms with Crippen molar-refractivity contribution in [2.24, 2.45) is 11.8 Å². The summed E-state index contributed by atoms with van der Waals surface area (Å²) >= 11 is 0. The maximum absolute atomic E-state index is 13.0. The Bertz CT molecular complexity index is 1720. The SMILES string of the molecule is CCCCCCCCCCCCCCCC(=O)OC[C@H](COP(=O)(O)OC[C@@H](O)COP(=O)(O)OC[C@@H](COC(=O)CCCCCCCCCCCCC)OC(=O)CCCCCCCCCCC(C)C)OC(=O)CCCCCCCCCCCCC(C)C. The molecule has 88 heavy (non-hydrogen) atoms. The number of carbonyl (C=O) groups excluding carboxylic acids is 4. The van der Waals surface area contributed by atoms with E-state index in [4.69, 9.17) is 37.0 Å². The molecule has 2 unspecified atom stereocenters. The van der Waals surface area contributed by atoms with E-state index >= 15 is 0 Å². The molecule has 17 nitrogen and oxygen atoms in total. The summed E-state index contributed by atoms with van der Waals surface area (Å²) in [5.41, 5.74) is 0. The molecule has 0 saturated carbocycles. The zero-order valence-electron chi connectivity index (χ0n) is 57.0. The van der Waals surface area contributed by atoms with Crippen LogP contribution in [-0.4, -0.2) is 96.7 Å². The van der Waals surface area contributed by atoms with E-state index in [1.165, 1.54) is 167 Å². The first-order chi connectivity index (χ1) is 42.4. The molecule has 0 heterocycles. The lowest BCUT2D eigenvalue weighted by Crippen LogP contribution is -2.30. The van der Waals surface area contributed by atoms with Crippen molar-refractivity contribution in [2.75, 3.05) is 39.6 Å². The highest BCUT2D eigenvalue weighted by atomic mass is 31.2. The third kappa shape index (κ3) is 62.8. The summed E-state index contributed by atoms with van der Waals surface area (Å²) in [6, 6.07) is 0. The molecular weight excluding hydrogens is 1160 g/mol. The maximum atomic E-state index is 13.0. The number of aliphatic hydroxyl groups excluding tert-OH is 1. The van der Waals surface area contributed by atoms with Gasteiger partial charge in [0.05, 0.1) is 26.4 Å². The topological polar surface area (TPSA) is 237 Å². The van der Waals surface area contributed by atoms with Gasteiger partial charge in [-0.05, 0) is 37.5 Å². The summed E-state index contributed by atoms with van der Waals surface area (Å²) in [5.74, 6) is -0.655. The van der Waals surface area contributed by atoms with Crippen LogP contribution in [0.2, 0.25) is 0 Å². The third-order valence-corrected chi connectivity index (χ3v) is 17.9. The Labute approximate surface area is 537 Å². The smallest absolute Gasteiger partial charge is 0.462 e. The average Bonchev–Trinajstić information content (AvgIpc) is 3.64. The van der Waals surface area contributed by atoms with Gasteiger partial charge < -0.3 is 33.8 Å². The van der Waals surface area contributed by atoms with Crippen molar-refractivity contribution in [3.8, 4) is 0 Å². The predicted octanol–water partition coefficient (Wildman–Crippen LogP) is 19.6. The molecular formula is C69H134O17P2. The molecule has 0 aliphatic heterocycles. The van der Waals surface area contributed by atoms with Gasteiger partial charge in [0.2, 0.25) is 0 Å². The molecule has 5 atom stereocenters. The lowest BCUT2D eigenvalue weighted by molar-refractivity contribution is -0.161. The van der Waals surface area contributed by atoms with Gasteiger partial charge in [0, 0.05) is 25.7 Å². The van der Waals surface area contributed by atoms with Gasteiger partial charge >= 0.3 is 39.5 Å². The van der Waals surface area contributed by atoms with E-state index in [9.17, 15) is 43.2 Å². The molecule has 0 aromatic carbocycles. The number of phosphoric acid groups is 2. The second kappa shape index (κ2) is 61.3. The summed E-state index contributed by atoms with van der Waals surface area (Å²) in [6.07, 6.45) is 45.7. The Balaban J connectivity index is 5.25. The van der Waals surface area contributed by atoms with Crippen LogP contribution in [0.1, 0.15) is 350 Å². The Morgan fingerprint density at radius 3 is 0.773 bits per heavy atom. The lowest BCUT2D eigenvalue weighted by atomic mass is 10.0. The largest absolute Gasteiger partial charge is 0.472 e. The molecule has 0 fully saturated rings. The second-order valence-electron chi connectivity index (χ2n) is 25.9. The average molecular weight is 1300 g/mol. The molecule has 19 heteroatoms. The van der Waals surface area contributed by atoms with E-state index in [2.05, 4.69) is 41.5 Å². The fourth-order valence-corrected chi connectivity index (χ4v) is 12.0. The Morgan fingerprint density at radius 1 is 0.307 bits per heavy atom. The van der Waals surface area contributed by atoms with Gasteiger partial charge in [0.1, 0.15) is 19.3 Å². The Hall–Kier alpha value is -1.94. The Kier molecular flexibility index (Phi) is 59.9. The standard InChI is InChI=1S/C69H134O17P2/c1-7-9-11-13-15-17-19-20-22-27-34-40-46-52-67(72)80-57-64(85-68(73)53-47-41-35-28-24-23-25-31-37-43-49-61(3)4)59-83-87(75,76)81-55-63(70)56-82-88(77,78)84-60-65(86-69(74)54-48-42-36-30-29-32-38-44-50-62(5)6)58-79-66(71)51-45-39-33-26-21-18-16-14-12-10-8-2/h61-65,70H,7-60H2,1-6H3,(H,75,76)(H,77,78)/t63-,64-,65-/m1/s1. The van der Waals surface area contributed by atoms with Gasteiger partial charge in [-0.25, -0.2) is 9.13 Å². The zero-order valence-corrected chi connectivity index (χ0v) is 58.8. The molecule has 0 saturated heterocycles. The normalized spacial score (nSPS) is 14.2. The highest BCUT2D eigenvalue weighted by molar-refractivity contribution is 7.47. The number of esters is 4. The number of rotatable bonds is 68. The molecule has 0 aromatic heterocycles. The fourth-order valence-electron chi connectivity index (χ4n) is 10.4. The monoisotopic (exact) mass is 1300 g/mol. The van der Waals surface area contributed by atoms with Crippen LogP contribution in [0.5, 0.6) is 0 Å². The highest BCUT2D eigenvalue weighted by Gasteiger charge is 2.30. The summed E-state index contributed by atoms with van der Waals surface area (Å²) in [4.78, 5) is 72.5. The molecule has 522 valence electrons. The number of hydrogen-bond donors (Lipinski definition) is 3. The van der Waals surface area contributed by atoms with Crippen LogP contribution < -0.4 is 0 Å². The maximum Gasteiger partial charge on any atom is 0.472 e. The van der Waals surface area contributed by atoms with Crippen LogP contribution in [0.4, 0.5) is 0 Å². The quantitative estimate of drug-likeness (QED) is 0.0222. The minimum atomic E-state index is -4.95. The van der Waals surface area contributed by atoms with E-state index in [1.54, 1.807) is 0 Å². The first-order valence-corrected chi connectivity index (χ1v) is 39.0. The molecule has 0 spiro atoms. The minimum absolute atomic E-state index is 0.105. The van der Waals surface area contributed by atoms with Crippen molar-refractivity contribution < 1.29 is 80.2 Å². The molecule has 0 aliphatic carbocycles. The molecule has 0 amide bonds. The predicted molar refractivity (Wildman–Crippen MR) is 354 cm³/mol. The summed E-state index contributed by atoms with van der Waals surface area (Å²) in [5, 5.41) is 10.6. The van der Waals surface area contributed by atoms with Crippen molar-refractivity contribution in [3.63, 3.8) is 0 Å². The summed E-state index contributed by atoms with van der Waals surface area (Å²) < 4.78 is 68.2.